The van der Waals surface area contributed by atoms with Gasteiger partial charge in [0.1, 0.15) is 0 Å². The number of hydrogen-bond donors (Lipinski definition) is 1. The van der Waals surface area contributed by atoms with Crippen LogP contribution in [0.1, 0.15) is 17.4 Å². The number of nitrogens with zero attached hydrogens (tertiary/aromatic N) is 3. The minimum atomic E-state index is 0. The van der Waals surface area contributed by atoms with Crippen LogP contribution in [0.25, 0.3) is 11.4 Å². The van der Waals surface area contributed by atoms with E-state index in [9.17, 15) is 0 Å². The highest BCUT2D eigenvalue weighted by molar-refractivity contribution is 5.85. The molecule has 0 spiro atoms. The lowest BCUT2D eigenvalue weighted by Gasteiger charge is -2.16. The first-order valence-corrected chi connectivity index (χ1v) is 8.69. The molecule has 2 N–H and O–H groups in total. The van der Waals surface area contributed by atoms with E-state index < -0.39 is 0 Å². The van der Waals surface area contributed by atoms with Gasteiger partial charge in [0.15, 0.2) is 0 Å². The highest BCUT2D eigenvalue weighted by Crippen LogP contribution is 2.32. The van der Waals surface area contributed by atoms with Gasteiger partial charge in [-0.25, -0.2) is 0 Å². The summed E-state index contributed by atoms with van der Waals surface area (Å²) in [6.45, 7) is 3.28. The van der Waals surface area contributed by atoms with E-state index in [-0.39, 0.29) is 12.4 Å². The van der Waals surface area contributed by atoms with E-state index in [0.29, 0.717) is 36.6 Å². The Kier molecular flexibility index (Phi) is 6.04. The van der Waals surface area contributed by atoms with Crippen molar-refractivity contribution < 1.29 is 4.52 Å². The zero-order chi connectivity index (χ0) is 17.1. The maximum absolute atomic E-state index is 6.02. The molecule has 0 saturated carbocycles. The molecule has 0 unspecified atom stereocenters. The maximum atomic E-state index is 6.02. The van der Waals surface area contributed by atoms with Gasteiger partial charge >= 0.3 is 0 Å². The largest absolute Gasteiger partial charge is 0.338 e. The lowest BCUT2D eigenvalue weighted by atomic mass is 9.89. The molecule has 26 heavy (non-hydrogen) atoms. The number of likely N-dealkylation sites (tertiary alicyclic amines) is 1. The van der Waals surface area contributed by atoms with Crippen LogP contribution in [0, 0.1) is 5.92 Å². The number of nitrogens with two attached hydrogens (primary N) is 1. The van der Waals surface area contributed by atoms with Gasteiger partial charge in [-0.05, 0) is 18.0 Å². The number of rotatable bonds is 5. The Bertz CT molecular complexity index is 809. The van der Waals surface area contributed by atoms with Crippen LogP contribution in [0.4, 0.5) is 0 Å². The third-order valence-corrected chi connectivity index (χ3v) is 4.91. The van der Waals surface area contributed by atoms with Crippen molar-refractivity contribution in [3.05, 3.63) is 72.1 Å². The summed E-state index contributed by atoms with van der Waals surface area (Å²) >= 11 is 0. The Hall–Kier alpha value is -2.21. The second-order valence-electron chi connectivity index (χ2n) is 6.58. The second kappa shape index (κ2) is 8.45. The zero-order valence-corrected chi connectivity index (χ0v) is 15.3. The Morgan fingerprint density at radius 1 is 1.00 bits per heavy atom. The number of benzene rings is 2. The van der Waals surface area contributed by atoms with Gasteiger partial charge < -0.3 is 10.3 Å². The van der Waals surface area contributed by atoms with E-state index in [2.05, 4.69) is 45.4 Å². The van der Waals surface area contributed by atoms with Gasteiger partial charge in [0.2, 0.25) is 11.7 Å². The van der Waals surface area contributed by atoms with Crippen molar-refractivity contribution in [2.75, 3.05) is 19.6 Å². The maximum Gasteiger partial charge on any atom is 0.241 e. The average Bonchev–Trinajstić information content (AvgIpc) is 3.30. The van der Waals surface area contributed by atoms with Crippen molar-refractivity contribution in [1.82, 2.24) is 15.0 Å². The summed E-state index contributed by atoms with van der Waals surface area (Å²) in [5, 5.41) is 4.11. The molecule has 0 radical (unpaired) electrons. The fourth-order valence-electron chi connectivity index (χ4n) is 3.62. The van der Waals surface area contributed by atoms with Crippen LogP contribution in [-0.4, -0.2) is 34.7 Å². The molecule has 2 aromatic carbocycles. The summed E-state index contributed by atoms with van der Waals surface area (Å²) in [5.74, 6) is 2.22. The molecule has 0 bridgehead atoms. The van der Waals surface area contributed by atoms with Crippen molar-refractivity contribution in [2.24, 2.45) is 11.7 Å². The van der Waals surface area contributed by atoms with Crippen LogP contribution < -0.4 is 5.73 Å². The predicted molar refractivity (Wildman–Crippen MR) is 104 cm³/mol. The monoisotopic (exact) mass is 370 g/mol. The van der Waals surface area contributed by atoms with E-state index in [1.807, 2.05) is 30.3 Å². The van der Waals surface area contributed by atoms with E-state index in [1.165, 1.54) is 5.56 Å². The zero-order valence-electron chi connectivity index (χ0n) is 14.5. The molecule has 2 heterocycles. The SMILES string of the molecule is Cl.NC[C@@H]1CN(Cc2nc(-c3ccccc3)no2)C[C@H]1c1ccccc1. The van der Waals surface area contributed by atoms with Crippen LogP contribution >= 0.6 is 12.4 Å². The fraction of sp³-hybridized carbons (Fsp3) is 0.300. The lowest BCUT2D eigenvalue weighted by molar-refractivity contribution is 0.260. The Labute approximate surface area is 159 Å². The molecule has 2 atom stereocenters. The quantitative estimate of drug-likeness (QED) is 0.746. The van der Waals surface area contributed by atoms with Crippen LogP contribution in [0.3, 0.4) is 0 Å². The molecular formula is C20H23ClN4O. The van der Waals surface area contributed by atoms with E-state index in [1.54, 1.807) is 0 Å². The molecule has 6 heteroatoms. The Balaban J connectivity index is 0.00000196. The van der Waals surface area contributed by atoms with Crippen molar-refractivity contribution in [3.63, 3.8) is 0 Å². The summed E-state index contributed by atoms with van der Waals surface area (Å²) in [6.07, 6.45) is 0. The molecule has 136 valence electrons. The Morgan fingerprint density at radius 2 is 1.69 bits per heavy atom. The van der Waals surface area contributed by atoms with Crippen LogP contribution in [0.2, 0.25) is 0 Å². The molecule has 1 fully saturated rings. The summed E-state index contributed by atoms with van der Waals surface area (Å²) < 4.78 is 5.46. The molecule has 5 nitrogen and oxygen atoms in total. The van der Waals surface area contributed by atoms with Gasteiger partial charge in [0.05, 0.1) is 6.54 Å². The van der Waals surface area contributed by atoms with Gasteiger partial charge in [-0.3, -0.25) is 4.90 Å². The van der Waals surface area contributed by atoms with Crippen molar-refractivity contribution in [1.29, 1.82) is 0 Å². The summed E-state index contributed by atoms with van der Waals surface area (Å²) in [7, 11) is 0. The minimum absolute atomic E-state index is 0. The standard InChI is InChI=1S/C20H22N4O.ClH/c21-11-17-12-24(13-18(17)15-7-3-1-4-8-15)14-19-22-20(23-25-19)16-9-5-2-6-10-16;/h1-10,17-18H,11-14,21H2;1H/t17-,18+;/m1./s1. The molecule has 1 saturated heterocycles. The third-order valence-electron chi connectivity index (χ3n) is 4.91. The average molecular weight is 371 g/mol. The molecule has 1 aliphatic heterocycles. The number of halogens is 1. The summed E-state index contributed by atoms with van der Waals surface area (Å²) in [6, 6.07) is 20.5. The van der Waals surface area contributed by atoms with E-state index in [0.717, 1.165) is 18.7 Å². The molecule has 1 aromatic heterocycles. The van der Waals surface area contributed by atoms with Crippen LogP contribution in [0.15, 0.2) is 65.2 Å². The molecule has 3 aromatic rings. The molecule has 0 amide bonds. The summed E-state index contributed by atoms with van der Waals surface area (Å²) in [4.78, 5) is 6.90. The minimum Gasteiger partial charge on any atom is -0.338 e. The first kappa shape index (κ1) is 18.6. The van der Waals surface area contributed by atoms with Crippen LogP contribution in [-0.2, 0) is 6.54 Å². The second-order valence-corrected chi connectivity index (χ2v) is 6.58. The number of aromatic nitrogens is 2. The lowest BCUT2D eigenvalue weighted by Crippen LogP contribution is -2.23. The fourth-order valence-corrected chi connectivity index (χ4v) is 3.62. The normalized spacial score (nSPS) is 20.0. The van der Waals surface area contributed by atoms with Crippen molar-refractivity contribution >= 4 is 12.4 Å². The van der Waals surface area contributed by atoms with Crippen LogP contribution in [0.5, 0.6) is 0 Å². The van der Waals surface area contributed by atoms with Gasteiger partial charge in [-0.1, -0.05) is 65.8 Å². The Morgan fingerprint density at radius 3 is 2.38 bits per heavy atom. The third kappa shape index (κ3) is 3.96. The van der Waals surface area contributed by atoms with Gasteiger partial charge in [-0.2, -0.15) is 4.98 Å². The molecular weight excluding hydrogens is 348 g/mol. The number of hydrogen-bond acceptors (Lipinski definition) is 5. The molecule has 4 rings (SSSR count). The first-order chi connectivity index (χ1) is 12.3. The van der Waals surface area contributed by atoms with Crippen molar-refractivity contribution in [3.8, 4) is 11.4 Å². The highest BCUT2D eigenvalue weighted by atomic mass is 35.5. The molecule has 1 aliphatic rings. The van der Waals surface area contributed by atoms with Gasteiger partial charge in [0.25, 0.3) is 0 Å². The summed E-state index contributed by atoms with van der Waals surface area (Å²) in [5.41, 5.74) is 8.35. The predicted octanol–water partition coefficient (Wildman–Crippen LogP) is 3.33. The van der Waals surface area contributed by atoms with Crippen molar-refractivity contribution in [2.45, 2.75) is 12.5 Å². The van der Waals surface area contributed by atoms with E-state index >= 15 is 0 Å². The highest BCUT2D eigenvalue weighted by Gasteiger charge is 2.33. The van der Waals surface area contributed by atoms with Gasteiger partial charge in [-0.15, -0.1) is 12.4 Å². The first-order valence-electron chi connectivity index (χ1n) is 8.69. The smallest absolute Gasteiger partial charge is 0.241 e. The molecule has 0 aliphatic carbocycles. The van der Waals surface area contributed by atoms with Gasteiger partial charge in [0, 0.05) is 24.6 Å². The topological polar surface area (TPSA) is 68.2 Å². The van der Waals surface area contributed by atoms with E-state index in [4.69, 9.17) is 10.3 Å².